The lowest BCUT2D eigenvalue weighted by Gasteiger charge is -2.33. The lowest BCUT2D eigenvalue weighted by Crippen LogP contribution is -2.46. The van der Waals surface area contributed by atoms with Gasteiger partial charge in [-0.2, -0.15) is 0 Å². The summed E-state index contributed by atoms with van der Waals surface area (Å²) >= 11 is 0. The normalized spacial score (nSPS) is 28.1. The lowest BCUT2D eigenvalue weighted by atomic mass is 10.0. The third-order valence-electron chi connectivity index (χ3n) is 4.82. The second-order valence-corrected chi connectivity index (χ2v) is 6.41. The summed E-state index contributed by atoms with van der Waals surface area (Å²) in [5.41, 5.74) is 0. The molecule has 0 saturated carbocycles. The first-order chi connectivity index (χ1) is 10.2. The van der Waals surface area contributed by atoms with Crippen LogP contribution in [0.3, 0.4) is 0 Å². The van der Waals surface area contributed by atoms with E-state index in [-0.39, 0.29) is 0 Å². The Morgan fingerprint density at radius 1 is 1.29 bits per heavy atom. The third-order valence-corrected chi connectivity index (χ3v) is 4.82. The summed E-state index contributed by atoms with van der Waals surface area (Å²) in [6.45, 7) is 8.73. The molecule has 0 aromatic heterocycles. The van der Waals surface area contributed by atoms with Gasteiger partial charge in [0.05, 0.1) is 6.61 Å². The van der Waals surface area contributed by atoms with Crippen LogP contribution in [0.4, 0.5) is 0 Å². The van der Waals surface area contributed by atoms with Gasteiger partial charge in [0, 0.05) is 52.3 Å². The smallest absolute Gasteiger partial charge is 0.193 e. The predicted octanol–water partition coefficient (Wildman–Crippen LogP) is 1.40. The van der Waals surface area contributed by atoms with Crippen molar-refractivity contribution >= 4 is 5.96 Å². The van der Waals surface area contributed by atoms with Crippen molar-refractivity contribution in [1.29, 1.82) is 0 Å². The first-order valence-electron chi connectivity index (χ1n) is 8.43. The van der Waals surface area contributed by atoms with Crippen molar-refractivity contribution in [2.45, 2.75) is 38.6 Å². The quantitative estimate of drug-likeness (QED) is 0.615. The van der Waals surface area contributed by atoms with Gasteiger partial charge < -0.3 is 15.0 Å². The molecule has 2 atom stereocenters. The van der Waals surface area contributed by atoms with Gasteiger partial charge in [-0.1, -0.05) is 6.42 Å². The van der Waals surface area contributed by atoms with Crippen molar-refractivity contribution in [1.82, 2.24) is 15.1 Å². The highest BCUT2D eigenvalue weighted by Gasteiger charge is 2.25. The third kappa shape index (κ3) is 4.85. The molecule has 2 rings (SSSR count). The summed E-state index contributed by atoms with van der Waals surface area (Å²) in [7, 11) is 3.67. The van der Waals surface area contributed by atoms with Crippen LogP contribution in [-0.2, 0) is 4.74 Å². The molecule has 2 unspecified atom stereocenters. The van der Waals surface area contributed by atoms with Crippen LogP contribution in [0, 0.1) is 5.92 Å². The first-order valence-corrected chi connectivity index (χ1v) is 8.43. The number of likely N-dealkylation sites (tertiary alicyclic amines) is 2. The summed E-state index contributed by atoms with van der Waals surface area (Å²) in [6.07, 6.45) is 5.29. The van der Waals surface area contributed by atoms with Gasteiger partial charge in [-0.15, -0.1) is 0 Å². The number of hydrogen-bond donors (Lipinski definition) is 1. The highest BCUT2D eigenvalue weighted by molar-refractivity contribution is 5.80. The summed E-state index contributed by atoms with van der Waals surface area (Å²) in [5, 5.41) is 3.54. The minimum Gasteiger partial charge on any atom is -0.384 e. The number of aliphatic imine (C=N–C) groups is 1. The van der Waals surface area contributed by atoms with Crippen LogP contribution in [0.15, 0.2) is 4.99 Å². The number of nitrogens with zero attached hydrogens (tertiary/aromatic N) is 3. The van der Waals surface area contributed by atoms with Crippen LogP contribution in [0.2, 0.25) is 0 Å². The highest BCUT2D eigenvalue weighted by Crippen LogP contribution is 2.17. The van der Waals surface area contributed by atoms with E-state index < -0.39 is 0 Å². The van der Waals surface area contributed by atoms with Gasteiger partial charge in [0.15, 0.2) is 5.96 Å². The van der Waals surface area contributed by atoms with Crippen LogP contribution in [0.25, 0.3) is 0 Å². The molecule has 2 heterocycles. The number of ether oxygens (including phenoxy) is 1. The van der Waals surface area contributed by atoms with E-state index in [0.29, 0.717) is 5.92 Å². The highest BCUT2D eigenvalue weighted by atomic mass is 16.5. The van der Waals surface area contributed by atoms with Crippen molar-refractivity contribution in [3.05, 3.63) is 0 Å². The molecule has 2 aliphatic rings. The Morgan fingerprint density at radius 2 is 2.14 bits per heavy atom. The molecule has 0 radical (unpaired) electrons. The fourth-order valence-electron chi connectivity index (χ4n) is 3.53. The van der Waals surface area contributed by atoms with E-state index in [2.05, 4.69) is 27.0 Å². The molecule has 0 aromatic carbocycles. The van der Waals surface area contributed by atoms with Crippen molar-refractivity contribution in [3.63, 3.8) is 0 Å². The number of methoxy groups -OCH3 is 1. The molecular formula is C16H32N4O. The van der Waals surface area contributed by atoms with Crippen molar-refractivity contribution in [2.24, 2.45) is 10.9 Å². The molecule has 2 aliphatic heterocycles. The zero-order chi connectivity index (χ0) is 15.1. The van der Waals surface area contributed by atoms with Crippen LogP contribution < -0.4 is 5.32 Å². The van der Waals surface area contributed by atoms with E-state index in [1.165, 1.54) is 32.2 Å². The maximum absolute atomic E-state index is 5.27. The van der Waals surface area contributed by atoms with E-state index in [1.807, 2.05) is 7.05 Å². The van der Waals surface area contributed by atoms with Crippen LogP contribution in [0.5, 0.6) is 0 Å². The van der Waals surface area contributed by atoms with Crippen LogP contribution in [0.1, 0.15) is 32.6 Å². The molecule has 0 spiro atoms. The van der Waals surface area contributed by atoms with Crippen LogP contribution >= 0.6 is 0 Å². The van der Waals surface area contributed by atoms with Gasteiger partial charge >= 0.3 is 0 Å². The zero-order valence-corrected chi connectivity index (χ0v) is 14.0. The molecule has 2 fully saturated rings. The van der Waals surface area contributed by atoms with E-state index in [1.54, 1.807) is 7.11 Å². The van der Waals surface area contributed by atoms with E-state index >= 15 is 0 Å². The number of hydrogen-bond acceptors (Lipinski definition) is 3. The van der Waals surface area contributed by atoms with Gasteiger partial charge in [0.2, 0.25) is 0 Å². The summed E-state index contributed by atoms with van der Waals surface area (Å²) in [6, 6.07) is 0.737. The Bertz CT molecular complexity index is 334. The van der Waals surface area contributed by atoms with Gasteiger partial charge in [-0.05, 0) is 32.7 Å². The number of guanidine groups is 1. The number of piperidine rings is 1. The van der Waals surface area contributed by atoms with Gasteiger partial charge in [0.1, 0.15) is 0 Å². The Morgan fingerprint density at radius 3 is 2.86 bits per heavy atom. The number of rotatable bonds is 5. The van der Waals surface area contributed by atoms with E-state index in [4.69, 9.17) is 4.74 Å². The molecule has 122 valence electrons. The lowest BCUT2D eigenvalue weighted by molar-refractivity contribution is 0.156. The molecule has 0 aliphatic carbocycles. The Kier molecular flexibility index (Phi) is 6.77. The van der Waals surface area contributed by atoms with Gasteiger partial charge in [-0.25, -0.2) is 0 Å². The van der Waals surface area contributed by atoms with Gasteiger partial charge in [-0.3, -0.25) is 9.89 Å². The topological polar surface area (TPSA) is 40.1 Å². The molecule has 5 heteroatoms. The Labute approximate surface area is 129 Å². The summed E-state index contributed by atoms with van der Waals surface area (Å²) in [5.74, 6) is 1.70. The largest absolute Gasteiger partial charge is 0.384 e. The number of nitrogens with one attached hydrogen (secondary N) is 1. The second kappa shape index (κ2) is 8.59. The SMILES string of the molecule is CN=C(NCCN1CCCCC1C)N1CCC(COC)C1. The molecule has 0 aromatic rings. The Hall–Kier alpha value is -0.810. The minimum absolute atomic E-state index is 0.649. The second-order valence-electron chi connectivity index (χ2n) is 6.41. The first kappa shape index (κ1) is 16.6. The molecule has 1 N–H and O–H groups in total. The molecule has 0 amide bonds. The maximum atomic E-state index is 5.27. The molecule has 5 nitrogen and oxygen atoms in total. The van der Waals surface area contributed by atoms with Crippen molar-refractivity contribution in [3.8, 4) is 0 Å². The fraction of sp³-hybridized carbons (Fsp3) is 0.938. The zero-order valence-electron chi connectivity index (χ0n) is 14.0. The molecular weight excluding hydrogens is 264 g/mol. The van der Waals surface area contributed by atoms with Crippen molar-refractivity contribution < 1.29 is 4.74 Å². The maximum Gasteiger partial charge on any atom is 0.193 e. The summed E-state index contributed by atoms with van der Waals surface area (Å²) in [4.78, 5) is 9.40. The minimum atomic E-state index is 0.649. The Balaban J connectivity index is 1.71. The molecule has 0 bridgehead atoms. The van der Waals surface area contributed by atoms with Crippen LogP contribution in [-0.4, -0.2) is 75.3 Å². The molecule has 2 saturated heterocycles. The van der Waals surface area contributed by atoms with E-state index in [0.717, 1.165) is 44.8 Å². The monoisotopic (exact) mass is 296 g/mol. The fourth-order valence-corrected chi connectivity index (χ4v) is 3.53. The average molecular weight is 296 g/mol. The van der Waals surface area contributed by atoms with Gasteiger partial charge in [0.25, 0.3) is 0 Å². The predicted molar refractivity (Wildman–Crippen MR) is 87.8 cm³/mol. The average Bonchev–Trinajstić information content (AvgIpc) is 2.94. The van der Waals surface area contributed by atoms with E-state index in [9.17, 15) is 0 Å². The molecule has 21 heavy (non-hydrogen) atoms. The summed E-state index contributed by atoms with van der Waals surface area (Å²) < 4.78 is 5.27. The standard InChI is InChI=1S/C16H32N4O/c1-14-6-4-5-9-19(14)11-8-18-16(17-2)20-10-7-15(12-20)13-21-3/h14-15H,4-13H2,1-3H3,(H,17,18). The van der Waals surface area contributed by atoms with Crippen molar-refractivity contribution in [2.75, 3.05) is 53.5 Å².